The zero-order chi connectivity index (χ0) is 15.4. The van der Waals surface area contributed by atoms with Crippen molar-refractivity contribution in [2.24, 2.45) is 11.7 Å². The molecule has 1 saturated heterocycles. The number of nitrogens with one attached hydrogen (secondary N) is 1. The maximum Gasteiger partial charge on any atom is 0.238 e. The Balaban J connectivity index is 1.92. The number of hydrogen-bond donors (Lipinski definition) is 2. The van der Waals surface area contributed by atoms with E-state index in [0.717, 1.165) is 36.2 Å². The van der Waals surface area contributed by atoms with Crippen molar-refractivity contribution >= 4 is 17.5 Å². The molecule has 3 N–H and O–H groups in total. The molecule has 1 aliphatic rings. The van der Waals surface area contributed by atoms with Crippen molar-refractivity contribution in [3.63, 3.8) is 0 Å². The smallest absolute Gasteiger partial charge is 0.238 e. The molecule has 0 bridgehead atoms. The van der Waals surface area contributed by atoms with Crippen molar-refractivity contribution in [1.29, 1.82) is 0 Å². The van der Waals surface area contributed by atoms with Gasteiger partial charge < -0.3 is 11.1 Å². The fraction of sp³-hybridized carbons (Fsp3) is 0.500. The topological polar surface area (TPSA) is 75.4 Å². The van der Waals surface area contributed by atoms with Gasteiger partial charge in [0.25, 0.3) is 0 Å². The molecule has 1 heterocycles. The summed E-state index contributed by atoms with van der Waals surface area (Å²) in [5.74, 6) is -0.448. The number of carbonyl (C=O) groups excluding carboxylic acids is 2. The number of nitrogens with zero attached hydrogens (tertiary/aromatic N) is 1. The van der Waals surface area contributed by atoms with E-state index < -0.39 is 0 Å². The molecule has 1 fully saturated rings. The Morgan fingerprint density at radius 2 is 2.14 bits per heavy atom. The van der Waals surface area contributed by atoms with Crippen LogP contribution in [0.1, 0.15) is 24.0 Å². The molecule has 1 aliphatic heterocycles. The lowest BCUT2D eigenvalue weighted by molar-refractivity contribution is -0.125. The van der Waals surface area contributed by atoms with E-state index in [2.05, 4.69) is 5.32 Å². The molecule has 1 atom stereocenters. The van der Waals surface area contributed by atoms with Gasteiger partial charge in [-0.3, -0.25) is 14.5 Å². The first-order valence-corrected chi connectivity index (χ1v) is 7.35. The minimum absolute atomic E-state index is 0.0474. The Morgan fingerprint density at radius 3 is 2.86 bits per heavy atom. The Hall–Kier alpha value is -1.88. The van der Waals surface area contributed by atoms with E-state index in [1.807, 2.05) is 36.9 Å². The van der Waals surface area contributed by atoms with Gasteiger partial charge in [0.2, 0.25) is 11.8 Å². The Bertz CT molecular complexity index is 542. The number of rotatable bonds is 4. The number of piperidine rings is 1. The van der Waals surface area contributed by atoms with Gasteiger partial charge in [-0.05, 0) is 50.4 Å². The summed E-state index contributed by atoms with van der Waals surface area (Å²) in [5, 5.41) is 2.95. The maximum atomic E-state index is 12.2. The molecule has 2 amide bonds. The van der Waals surface area contributed by atoms with Gasteiger partial charge in [-0.2, -0.15) is 0 Å². The van der Waals surface area contributed by atoms with Crippen LogP contribution in [-0.2, 0) is 9.59 Å². The van der Waals surface area contributed by atoms with E-state index in [-0.39, 0.29) is 17.7 Å². The molecule has 5 heteroatoms. The number of likely N-dealkylation sites (tertiary alicyclic amines) is 1. The second-order valence-electron chi connectivity index (χ2n) is 5.77. The molecule has 21 heavy (non-hydrogen) atoms. The van der Waals surface area contributed by atoms with Crippen molar-refractivity contribution in [2.75, 3.05) is 25.0 Å². The van der Waals surface area contributed by atoms with Gasteiger partial charge in [0.15, 0.2) is 0 Å². The summed E-state index contributed by atoms with van der Waals surface area (Å²) in [7, 11) is 0. The van der Waals surface area contributed by atoms with Gasteiger partial charge in [0.1, 0.15) is 0 Å². The summed E-state index contributed by atoms with van der Waals surface area (Å²) in [5.41, 5.74) is 8.44. The summed E-state index contributed by atoms with van der Waals surface area (Å²) in [6.45, 7) is 5.73. The second-order valence-corrected chi connectivity index (χ2v) is 5.77. The predicted octanol–water partition coefficient (Wildman–Crippen LogP) is 1.44. The fourth-order valence-electron chi connectivity index (χ4n) is 2.71. The molecule has 114 valence electrons. The molecule has 2 rings (SSSR count). The van der Waals surface area contributed by atoms with Crippen LogP contribution in [-0.4, -0.2) is 36.3 Å². The number of aryl methyl sites for hydroxylation is 1. The zero-order valence-corrected chi connectivity index (χ0v) is 12.7. The number of primary amides is 1. The third kappa shape index (κ3) is 4.04. The van der Waals surface area contributed by atoms with E-state index in [4.69, 9.17) is 5.73 Å². The summed E-state index contributed by atoms with van der Waals surface area (Å²) >= 11 is 0. The largest absolute Gasteiger partial charge is 0.369 e. The molecule has 0 aromatic heterocycles. The van der Waals surface area contributed by atoms with Crippen LogP contribution in [0.4, 0.5) is 5.69 Å². The molecular formula is C16H23N3O2. The van der Waals surface area contributed by atoms with Gasteiger partial charge in [0.05, 0.1) is 12.5 Å². The van der Waals surface area contributed by atoms with E-state index in [1.54, 1.807) is 0 Å². The van der Waals surface area contributed by atoms with E-state index >= 15 is 0 Å². The van der Waals surface area contributed by atoms with Crippen LogP contribution in [0.2, 0.25) is 0 Å². The van der Waals surface area contributed by atoms with Crippen LogP contribution in [0.5, 0.6) is 0 Å². The summed E-state index contributed by atoms with van der Waals surface area (Å²) in [6, 6.07) is 5.86. The van der Waals surface area contributed by atoms with Crippen LogP contribution in [0.3, 0.4) is 0 Å². The monoisotopic (exact) mass is 289 g/mol. The number of hydrogen-bond acceptors (Lipinski definition) is 3. The average molecular weight is 289 g/mol. The normalized spacial score (nSPS) is 19.2. The fourth-order valence-corrected chi connectivity index (χ4v) is 2.71. The van der Waals surface area contributed by atoms with Crippen LogP contribution in [0.15, 0.2) is 18.2 Å². The Kier molecular flexibility index (Phi) is 4.96. The second kappa shape index (κ2) is 6.72. The molecular weight excluding hydrogens is 266 g/mol. The molecule has 0 radical (unpaired) electrons. The van der Waals surface area contributed by atoms with Crippen LogP contribution in [0.25, 0.3) is 0 Å². The number of benzene rings is 1. The molecule has 0 saturated carbocycles. The van der Waals surface area contributed by atoms with E-state index in [9.17, 15) is 9.59 Å². The standard InChI is InChI=1S/C16H23N3O2/c1-11-5-3-7-14(12(11)2)18-15(20)10-19-8-4-6-13(9-19)16(17)21/h3,5,7,13H,4,6,8-10H2,1-2H3,(H2,17,21)(H,18,20)/t13-/m0/s1. The lowest BCUT2D eigenvalue weighted by Gasteiger charge is -2.30. The molecule has 0 unspecified atom stereocenters. The Morgan fingerprint density at radius 1 is 1.38 bits per heavy atom. The van der Waals surface area contributed by atoms with E-state index in [0.29, 0.717) is 13.1 Å². The van der Waals surface area contributed by atoms with Crippen LogP contribution < -0.4 is 11.1 Å². The van der Waals surface area contributed by atoms with Gasteiger partial charge >= 0.3 is 0 Å². The van der Waals surface area contributed by atoms with Gasteiger partial charge in [-0.15, -0.1) is 0 Å². The SMILES string of the molecule is Cc1cccc(NC(=O)CN2CCC[C@H](C(N)=O)C2)c1C. The lowest BCUT2D eigenvalue weighted by atomic mass is 9.97. The number of anilines is 1. The number of carbonyl (C=O) groups is 2. The minimum Gasteiger partial charge on any atom is -0.369 e. The molecule has 0 aliphatic carbocycles. The first kappa shape index (κ1) is 15.5. The van der Waals surface area contributed by atoms with Gasteiger partial charge in [-0.25, -0.2) is 0 Å². The quantitative estimate of drug-likeness (QED) is 0.880. The van der Waals surface area contributed by atoms with Gasteiger partial charge in [-0.1, -0.05) is 12.1 Å². The Labute approximate surface area is 125 Å². The predicted molar refractivity (Wildman–Crippen MR) is 82.9 cm³/mol. The van der Waals surface area contributed by atoms with Gasteiger partial charge in [0, 0.05) is 12.2 Å². The molecule has 1 aromatic rings. The van der Waals surface area contributed by atoms with Crippen LogP contribution >= 0.6 is 0 Å². The van der Waals surface area contributed by atoms with Crippen molar-refractivity contribution in [3.05, 3.63) is 29.3 Å². The van der Waals surface area contributed by atoms with Crippen molar-refractivity contribution in [3.8, 4) is 0 Å². The maximum absolute atomic E-state index is 12.2. The third-order valence-corrected chi connectivity index (χ3v) is 4.15. The zero-order valence-electron chi connectivity index (χ0n) is 12.7. The first-order valence-electron chi connectivity index (χ1n) is 7.35. The third-order valence-electron chi connectivity index (χ3n) is 4.15. The summed E-state index contributed by atoms with van der Waals surface area (Å²) in [6.07, 6.45) is 1.73. The molecule has 1 aromatic carbocycles. The van der Waals surface area contributed by atoms with Crippen molar-refractivity contribution in [1.82, 2.24) is 4.90 Å². The highest BCUT2D eigenvalue weighted by atomic mass is 16.2. The number of nitrogens with two attached hydrogens (primary N) is 1. The van der Waals surface area contributed by atoms with Crippen molar-refractivity contribution < 1.29 is 9.59 Å². The highest BCUT2D eigenvalue weighted by molar-refractivity contribution is 5.93. The minimum atomic E-state index is -0.269. The molecule has 5 nitrogen and oxygen atoms in total. The molecule has 0 spiro atoms. The number of amides is 2. The van der Waals surface area contributed by atoms with Crippen molar-refractivity contribution in [2.45, 2.75) is 26.7 Å². The summed E-state index contributed by atoms with van der Waals surface area (Å²) < 4.78 is 0. The lowest BCUT2D eigenvalue weighted by Crippen LogP contribution is -2.44. The first-order chi connectivity index (χ1) is 9.97. The van der Waals surface area contributed by atoms with E-state index in [1.165, 1.54) is 0 Å². The van der Waals surface area contributed by atoms with Crippen LogP contribution in [0, 0.1) is 19.8 Å². The highest BCUT2D eigenvalue weighted by Crippen LogP contribution is 2.19. The highest BCUT2D eigenvalue weighted by Gasteiger charge is 2.25. The average Bonchev–Trinajstić information content (AvgIpc) is 2.44. The summed E-state index contributed by atoms with van der Waals surface area (Å²) in [4.78, 5) is 25.4.